The predicted molar refractivity (Wildman–Crippen MR) is 79.4 cm³/mol. The van der Waals surface area contributed by atoms with Gasteiger partial charge in [-0.3, -0.25) is 4.40 Å². The second-order valence-corrected chi connectivity index (χ2v) is 5.75. The summed E-state index contributed by atoms with van der Waals surface area (Å²) in [7, 11) is 0. The molecule has 2 heterocycles. The van der Waals surface area contributed by atoms with Crippen LogP contribution in [0.1, 0.15) is 24.6 Å². The largest absolute Gasteiger partial charge is 0.321 e. The average Bonchev–Trinajstić information content (AvgIpc) is 3.00. The number of rotatable bonds is 4. The lowest BCUT2D eigenvalue weighted by Crippen LogP contribution is -2.38. The summed E-state index contributed by atoms with van der Waals surface area (Å²) in [6.07, 6.45) is 5.76. The molecule has 1 atom stereocenters. The summed E-state index contributed by atoms with van der Waals surface area (Å²) in [5.41, 5.74) is 8.48. The van der Waals surface area contributed by atoms with Gasteiger partial charge in [0.05, 0.1) is 5.69 Å². The van der Waals surface area contributed by atoms with E-state index in [-0.39, 0.29) is 5.54 Å². The van der Waals surface area contributed by atoms with Crippen LogP contribution in [0.2, 0.25) is 0 Å². The van der Waals surface area contributed by atoms with Gasteiger partial charge < -0.3 is 5.73 Å². The van der Waals surface area contributed by atoms with Crippen LogP contribution in [-0.4, -0.2) is 9.38 Å². The Morgan fingerprint density at radius 1 is 1.32 bits per heavy atom. The summed E-state index contributed by atoms with van der Waals surface area (Å²) < 4.78 is 2.06. The van der Waals surface area contributed by atoms with Crippen LogP contribution in [0, 0.1) is 0 Å². The Labute approximate surface area is 116 Å². The molecule has 1 unspecified atom stereocenters. The molecule has 3 aromatic rings. The van der Waals surface area contributed by atoms with Crippen LogP contribution >= 0.6 is 11.3 Å². The van der Waals surface area contributed by atoms with Crippen molar-refractivity contribution >= 4 is 16.3 Å². The molecule has 3 nitrogen and oxygen atoms in total. The Balaban J connectivity index is 1.92. The van der Waals surface area contributed by atoms with Crippen molar-refractivity contribution in [2.24, 2.45) is 5.73 Å². The number of aromatic nitrogens is 2. The van der Waals surface area contributed by atoms with E-state index in [0.717, 1.165) is 23.5 Å². The van der Waals surface area contributed by atoms with E-state index in [0.29, 0.717) is 0 Å². The van der Waals surface area contributed by atoms with Crippen LogP contribution in [0.25, 0.3) is 4.96 Å². The molecule has 1 aromatic carbocycles. The van der Waals surface area contributed by atoms with E-state index in [9.17, 15) is 0 Å². The summed E-state index contributed by atoms with van der Waals surface area (Å²) in [4.78, 5) is 5.66. The number of fused-ring (bicyclic) bond motifs is 1. The number of nitrogens with two attached hydrogens (primary N) is 1. The van der Waals surface area contributed by atoms with Crippen LogP contribution in [0.5, 0.6) is 0 Å². The molecule has 98 valence electrons. The second kappa shape index (κ2) is 4.79. The van der Waals surface area contributed by atoms with Gasteiger partial charge in [-0.15, -0.1) is 11.3 Å². The molecule has 0 spiro atoms. The topological polar surface area (TPSA) is 43.3 Å². The molecule has 0 saturated carbocycles. The van der Waals surface area contributed by atoms with Gasteiger partial charge >= 0.3 is 0 Å². The number of nitrogens with zero attached hydrogens (tertiary/aromatic N) is 2. The van der Waals surface area contributed by atoms with Gasteiger partial charge in [-0.1, -0.05) is 37.3 Å². The quantitative estimate of drug-likeness (QED) is 0.792. The fourth-order valence-electron chi connectivity index (χ4n) is 2.39. The fraction of sp³-hybridized carbons (Fsp3) is 0.267. The third-order valence-electron chi connectivity index (χ3n) is 3.62. The summed E-state index contributed by atoms with van der Waals surface area (Å²) in [5, 5.41) is 2.04. The van der Waals surface area contributed by atoms with E-state index in [1.165, 1.54) is 5.56 Å². The van der Waals surface area contributed by atoms with Gasteiger partial charge in [-0.2, -0.15) is 0 Å². The van der Waals surface area contributed by atoms with Gasteiger partial charge in [0.25, 0.3) is 0 Å². The van der Waals surface area contributed by atoms with Crippen molar-refractivity contribution in [3.05, 3.63) is 59.4 Å². The van der Waals surface area contributed by atoms with Gasteiger partial charge in [0.1, 0.15) is 0 Å². The molecule has 0 fully saturated rings. The minimum absolute atomic E-state index is 0.342. The Bertz CT molecular complexity index is 642. The lowest BCUT2D eigenvalue weighted by Gasteiger charge is -2.28. The first kappa shape index (κ1) is 12.4. The van der Waals surface area contributed by atoms with E-state index >= 15 is 0 Å². The SMILES string of the molecule is CCC(N)(Cc1cn2ccsc2n1)c1ccccc1. The van der Waals surface area contributed by atoms with Crippen LogP contribution < -0.4 is 5.73 Å². The Morgan fingerprint density at radius 2 is 2.11 bits per heavy atom. The molecule has 19 heavy (non-hydrogen) atoms. The summed E-state index contributed by atoms with van der Waals surface area (Å²) in [6.45, 7) is 2.13. The highest BCUT2D eigenvalue weighted by molar-refractivity contribution is 7.15. The van der Waals surface area contributed by atoms with Gasteiger partial charge in [-0.05, 0) is 12.0 Å². The Kier molecular flexibility index (Phi) is 3.12. The molecule has 0 amide bonds. The van der Waals surface area contributed by atoms with E-state index in [4.69, 9.17) is 5.73 Å². The normalized spacial score (nSPS) is 14.6. The summed E-state index contributed by atoms with van der Waals surface area (Å²) in [5.74, 6) is 0. The van der Waals surface area contributed by atoms with Crippen molar-refractivity contribution in [3.63, 3.8) is 0 Å². The number of benzene rings is 1. The number of imidazole rings is 1. The first-order chi connectivity index (χ1) is 9.21. The first-order valence-corrected chi connectivity index (χ1v) is 7.35. The highest BCUT2D eigenvalue weighted by atomic mass is 32.1. The molecule has 0 aliphatic carbocycles. The number of hydrogen-bond donors (Lipinski definition) is 1. The van der Waals surface area contributed by atoms with Crippen LogP contribution in [-0.2, 0) is 12.0 Å². The minimum Gasteiger partial charge on any atom is -0.321 e. The van der Waals surface area contributed by atoms with Crippen molar-refractivity contribution in [2.45, 2.75) is 25.3 Å². The van der Waals surface area contributed by atoms with Crippen LogP contribution in [0.4, 0.5) is 0 Å². The van der Waals surface area contributed by atoms with Gasteiger partial charge in [-0.25, -0.2) is 4.98 Å². The van der Waals surface area contributed by atoms with Crippen molar-refractivity contribution in [2.75, 3.05) is 0 Å². The van der Waals surface area contributed by atoms with Crippen LogP contribution in [0.15, 0.2) is 48.1 Å². The van der Waals surface area contributed by atoms with E-state index in [1.807, 2.05) is 29.8 Å². The Morgan fingerprint density at radius 3 is 2.79 bits per heavy atom. The second-order valence-electron chi connectivity index (χ2n) is 4.88. The van der Waals surface area contributed by atoms with E-state index < -0.39 is 0 Å². The molecule has 0 radical (unpaired) electrons. The molecule has 0 aliphatic rings. The zero-order valence-electron chi connectivity index (χ0n) is 10.9. The van der Waals surface area contributed by atoms with E-state index in [2.05, 4.69) is 34.6 Å². The lowest BCUT2D eigenvalue weighted by atomic mass is 9.84. The van der Waals surface area contributed by atoms with Crippen molar-refractivity contribution in [1.29, 1.82) is 0 Å². The van der Waals surface area contributed by atoms with Crippen molar-refractivity contribution in [3.8, 4) is 0 Å². The third kappa shape index (κ3) is 2.29. The first-order valence-electron chi connectivity index (χ1n) is 6.47. The Hall–Kier alpha value is -1.65. The number of hydrogen-bond acceptors (Lipinski definition) is 3. The molecular weight excluding hydrogens is 254 g/mol. The van der Waals surface area contributed by atoms with Crippen molar-refractivity contribution < 1.29 is 0 Å². The lowest BCUT2D eigenvalue weighted by molar-refractivity contribution is 0.421. The van der Waals surface area contributed by atoms with Crippen molar-refractivity contribution in [1.82, 2.24) is 9.38 Å². The molecule has 2 aromatic heterocycles. The zero-order chi connectivity index (χ0) is 13.3. The third-order valence-corrected chi connectivity index (χ3v) is 4.39. The van der Waals surface area contributed by atoms with E-state index in [1.54, 1.807) is 11.3 Å². The average molecular weight is 271 g/mol. The fourth-order valence-corrected chi connectivity index (χ4v) is 3.10. The van der Waals surface area contributed by atoms with Gasteiger partial charge in [0.15, 0.2) is 4.96 Å². The standard InChI is InChI=1S/C15H17N3S/c1-2-15(16,12-6-4-3-5-7-12)10-13-11-18-8-9-19-14(18)17-13/h3-9,11H,2,10,16H2,1H3. The molecule has 4 heteroatoms. The van der Waals surface area contributed by atoms with Gasteiger partial charge in [0, 0.05) is 29.7 Å². The smallest absolute Gasteiger partial charge is 0.193 e. The molecule has 3 rings (SSSR count). The van der Waals surface area contributed by atoms with Gasteiger partial charge in [0.2, 0.25) is 0 Å². The zero-order valence-corrected chi connectivity index (χ0v) is 11.7. The van der Waals surface area contributed by atoms with Crippen LogP contribution in [0.3, 0.4) is 0 Å². The molecular formula is C15H17N3S. The highest BCUT2D eigenvalue weighted by Gasteiger charge is 2.26. The number of thiazole rings is 1. The maximum atomic E-state index is 6.60. The summed E-state index contributed by atoms with van der Waals surface area (Å²) in [6, 6.07) is 10.3. The monoisotopic (exact) mass is 271 g/mol. The maximum absolute atomic E-state index is 6.60. The molecule has 0 aliphatic heterocycles. The molecule has 0 saturated heterocycles. The minimum atomic E-state index is -0.342. The molecule has 2 N–H and O–H groups in total. The summed E-state index contributed by atoms with van der Waals surface area (Å²) >= 11 is 1.65. The molecule has 0 bridgehead atoms. The predicted octanol–water partition coefficient (Wildman–Crippen LogP) is 3.20. The maximum Gasteiger partial charge on any atom is 0.193 e. The highest BCUT2D eigenvalue weighted by Crippen LogP contribution is 2.26.